The average Bonchev–Trinajstić information content (AvgIpc) is 2.99. The number of rotatable bonds is 6. The van der Waals surface area contributed by atoms with Crippen molar-refractivity contribution in [1.82, 2.24) is 4.90 Å². The summed E-state index contributed by atoms with van der Waals surface area (Å²) in [5.74, 6) is 0.109. The topological polar surface area (TPSA) is 103 Å². The number of nitro benzene ring substituents is 1. The number of benzene rings is 1. The predicted octanol–water partition coefficient (Wildman–Crippen LogP) is 2.95. The molecule has 1 heterocycles. The van der Waals surface area contributed by atoms with Crippen molar-refractivity contribution in [3.05, 3.63) is 69.2 Å². The second kappa shape index (κ2) is 8.11. The molecule has 0 aliphatic heterocycles. The number of methoxy groups -OCH3 is 1. The quantitative estimate of drug-likeness (QED) is 0.340. The molecule has 0 saturated carbocycles. The van der Waals surface area contributed by atoms with Crippen molar-refractivity contribution in [2.24, 2.45) is 0 Å². The molecule has 2 aromatic rings. The molecule has 0 aliphatic rings. The number of esters is 1. The molecule has 0 aliphatic carbocycles. The Hall–Kier alpha value is -3.42. The van der Waals surface area contributed by atoms with E-state index in [1.165, 1.54) is 30.2 Å². The van der Waals surface area contributed by atoms with Crippen LogP contribution >= 0.6 is 0 Å². The van der Waals surface area contributed by atoms with Gasteiger partial charge in [-0.2, -0.15) is 0 Å². The fourth-order valence-corrected chi connectivity index (χ4v) is 2.25. The highest BCUT2D eigenvalue weighted by molar-refractivity contribution is 5.92. The summed E-state index contributed by atoms with van der Waals surface area (Å²) >= 11 is 0. The van der Waals surface area contributed by atoms with Gasteiger partial charge in [-0.25, -0.2) is 4.79 Å². The zero-order valence-electron chi connectivity index (χ0n) is 14.6. The zero-order valence-corrected chi connectivity index (χ0v) is 14.6. The number of nitro groups is 1. The third-order valence-electron chi connectivity index (χ3n) is 3.67. The lowest BCUT2D eigenvalue weighted by Crippen LogP contribution is -2.23. The number of carbonyl (C=O) groups excluding carboxylic acids is 2. The van der Waals surface area contributed by atoms with Crippen LogP contribution in [0, 0.1) is 17.0 Å². The fourth-order valence-electron chi connectivity index (χ4n) is 2.25. The number of nitrogens with zero attached hydrogens (tertiary/aromatic N) is 2. The SMILES string of the molecule is COC(=O)c1cc(CN(C)C(=O)/C=C/c2ccc([N+](=O)[O-])cc2)oc1C. The van der Waals surface area contributed by atoms with Gasteiger partial charge in [0.05, 0.1) is 18.6 Å². The number of hydrogen-bond donors (Lipinski definition) is 0. The molecule has 0 bridgehead atoms. The average molecular weight is 358 g/mol. The summed E-state index contributed by atoms with van der Waals surface area (Å²) < 4.78 is 10.1. The monoisotopic (exact) mass is 358 g/mol. The molecule has 26 heavy (non-hydrogen) atoms. The van der Waals surface area contributed by atoms with E-state index in [0.717, 1.165) is 0 Å². The highest BCUT2D eigenvalue weighted by Crippen LogP contribution is 2.17. The van der Waals surface area contributed by atoms with E-state index in [4.69, 9.17) is 4.42 Å². The normalized spacial score (nSPS) is 10.7. The van der Waals surface area contributed by atoms with Gasteiger partial charge in [0.1, 0.15) is 17.1 Å². The molecule has 1 aromatic carbocycles. The van der Waals surface area contributed by atoms with Crippen LogP contribution in [0.15, 0.2) is 40.8 Å². The molecule has 0 spiro atoms. The first-order chi connectivity index (χ1) is 12.3. The van der Waals surface area contributed by atoms with Gasteiger partial charge in [0.25, 0.3) is 5.69 Å². The third kappa shape index (κ3) is 4.56. The summed E-state index contributed by atoms with van der Waals surface area (Å²) in [6.45, 7) is 1.83. The maximum Gasteiger partial charge on any atom is 0.341 e. The number of hydrogen-bond acceptors (Lipinski definition) is 6. The van der Waals surface area contributed by atoms with Gasteiger partial charge in [0.15, 0.2) is 0 Å². The van der Waals surface area contributed by atoms with Crippen LogP contribution in [0.4, 0.5) is 5.69 Å². The van der Waals surface area contributed by atoms with Crippen molar-refractivity contribution in [1.29, 1.82) is 0 Å². The van der Waals surface area contributed by atoms with Gasteiger partial charge >= 0.3 is 5.97 Å². The summed E-state index contributed by atoms with van der Waals surface area (Å²) in [4.78, 5) is 35.3. The number of carbonyl (C=O) groups is 2. The van der Waals surface area contributed by atoms with Crippen LogP contribution in [0.5, 0.6) is 0 Å². The molecule has 8 heteroatoms. The van der Waals surface area contributed by atoms with Gasteiger partial charge in [-0.1, -0.05) is 0 Å². The maximum absolute atomic E-state index is 12.2. The van der Waals surface area contributed by atoms with E-state index in [2.05, 4.69) is 4.74 Å². The summed E-state index contributed by atoms with van der Waals surface area (Å²) in [5, 5.41) is 10.6. The number of likely N-dealkylation sites (N-methyl/N-ethyl adjacent to an activating group) is 1. The van der Waals surface area contributed by atoms with Gasteiger partial charge in [0, 0.05) is 25.3 Å². The highest BCUT2D eigenvalue weighted by Gasteiger charge is 2.17. The first kappa shape index (κ1) is 18.9. The minimum absolute atomic E-state index is 0.0137. The molecule has 0 atom stereocenters. The van der Waals surface area contributed by atoms with E-state index < -0.39 is 10.9 Å². The zero-order chi connectivity index (χ0) is 19.3. The fraction of sp³-hybridized carbons (Fsp3) is 0.222. The van der Waals surface area contributed by atoms with E-state index in [1.807, 2.05) is 0 Å². The third-order valence-corrected chi connectivity index (χ3v) is 3.67. The highest BCUT2D eigenvalue weighted by atomic mass is 16.6. The second-order valence-corrected chi connectivity index (χ2v) is 5.55. The Morgan fingerprint density at radius 1 is 1.31 bits per heavy atom. The van der Waals surface area contributed by atoms with Crippen molar-refractivity contribution in [2.45, 2.75) is 13.5 Å². The standard InChI is InChI=1S/C18H18N2O6/c1-12-16(18(22)25-3)10-15(26-12)11-19(2)17(21)9-6-13-4-7-14(8-5-13)20(23)24/h4-10H,11H2,1-3H3/b9-6+. The molecule has 136 valence electrons. The van der Waals surface area contributed by atoms with Crippen molar-refractivity contribution in [3.8, 4) is 0 Å². The van der Waals surface area contributed by atoms with E-state index in [9.17, 15) is 19.7 Å². The van der Waals surface area contributed by atoms with Gasteiger partial charge < -0.3 is 14.1 Å². The second-order valence-electron chi connectivity index (χ2n) is 5.55. The van der Waals surface area contributed by atoms with Gasteiger partial charge in [0.2, 0.25) is 5.91 Å². The number of amides is 1. The summed E-state index contributed by atoms with van der Waals surface area (Å²) in [6, 6.07) is 7.40. The molecule has 0 saturated heterocycles. The molecule has 2 rings (SSSR count). The van der Waals surface area contributed by atoms with Gasteiger partial charge in [-0.15, -0.1) is 0 Å². The number of aryl methyl sites for hydroxylation is 1. The number of ether oxygens (including phenoxy) is 1. The van der Waals surface area contributed by atoms with Gasteiger partial charge in [-0.3, -0.25) is 14.9 Å². The van der Waals surface area contributed by atoms with Crippen molar-refractivity contribution in [2.75, 3.05) is 14.2 Å². The van der Waals surface area contributed by atoms with E-state index in [1.54, 1.807) is 38.2 Å². The lowest BCUT2D eigenvalue weighted by Gasteiger charge is -2.12. The number of non-ortho nitro benzene ring substituents is 1. The Kier molecular flexibility index (Phi) is 5.90. The van der Waals surface area contributed by atoms with Crippen LogP contribution in [0.2, 0.25) is 0 Å². The van der Waals surface area contributed by atoms with Crippen molar-refractivity contribution >= 4 is 23.6 Å². The molecule has 0 unspecified atom stereocenters. The first-order valence-electron chi connectivity index (χ1n) is 7.67. The summed E-state index contributed by atoms with van der Waals surface area (Å²) in [6.07, 6.45) is 2.92. The molecule has 0 fully saturated rings. The Bertz CT molecular complexity index is 851. The largest absolute Gasteiger partial charge is 0.465 e. The number of furan rings is 1. The van der Waals surface area contributed by atoms with Crippen molar-refractivity contribution < 1.29 is 23.7 Å². The molecule has 0 N–H and O–H groups in total. The van der Waals surface area contributed by atoms with Crippen molar-refractivity contribution in [3.63, 3.8) is 0 Å². The lowest BCUT2D eigenvalue weighted by molar-refractivity contribution is -0.384. The Labute approximate surface area is 149 Å². The molecule has 1 aromatic heterocycles. The van der Waals surface area contributed by atoms with E-state index in [-0.39, 0.29) is 18.1 Å². The van der Waals surface area contributed by atoms with Crippen LogP contribution in [0.25, 0.3) is 6.08 Å². The summed E-state index contributed by atoms with van der Waals surface area (Å²) in [5.41, 5.74) is 0.976. The predicted molar refractivity (Wildman–Crippen MR) is 93.4 cm³/mol. The van der Waals surface area contributed by atoms with Crippen LogP contribution in [0.1, 0.15) is 27.4 Å². The Morgan fingerprint density at radius 2 is 1.96 bits per heavy atom. The molecule has 1 amide bonds. The van der Waals surface area contributed by atoms with Gasteiger partial charge in [-0.05, 0) is 36.8 Å². The Morgan fingerprint density at radius 3 is 2.54 bits per heavy atom. The first-order valence-corrected chi connectivity index (χ1v) is 7.67. The summed E-state index contributed by atoms with van der Waals surface area (Å²) in [7, 11) is 2.88. The molecule has 0 radical (unpaired) electrons. The van der Waals surface area contributed by atoms with E-state index in [0.29, 0.717) is 22.6 Å². The molecular weight excluding hydrogens is 340 g/mol. The molecular formula is C18H18N2O6. The molecule has 8 nitrogen and oxygen atoms in total. The van der Waals surface area contributed by atoms with Crippen LogP contribution in [-0.2, 0) is 16.1 Å². The van der Waals surface area contributed by atoms with Crippen LogP contribution in [-0.4, -0.2) is 35.9 Å². The minimum Gasteiger partial charge on any atom is -0.465 e. The van der Waals surface area contributed by atoms with Crippen LogP contribution < -0.4 is 0 Å². The lowest BCUT2D eigenvalue weighted by atomic mass is 10.2. The van der Waals surface area contributed by atoms with E-state index >= 15 is 0 Å². The van der Waals surface area contributed by atoms with Crippen LogP contribution in [0.3, 0.4) is 0 Å². The Balaban J connectivity index is 2.01. The maximum atomic E-state index is 12.2. The smallest absolute Gasteiger partial charge is 0.341 e. The minimum atomic E-state index is -0.496.